The molecule has 2 aliphatic rings. The normalized spacial score (nSPS) is 19.0. The predicted octanol–water partition coefficient (Wildman–Crippen LogP) is 3.11. The van der Waals surface area contributed by atoms with Crippen molar-refractivity contribution in [2.24, 2.45) is 0 Å². The fourth-order valence-corrected chi connectivity index (χ4v) is 3.81. The quantitative estimate of drug-likeness (QED) is 0.856. The molecule has 2 aromatic carbocycles. The number of fused-ring (bicyclic) bond motifs is 3. The number of hydrogen-bond acceptors (Lipinski definition) is 2. The van der Waals surface area contributed by atoms with E-state index in [9.17, 15) is 14.0 Å². The van der Waals surface area contributed by atoms with Crippen molar-refractivity contribution in [2.45, 2.75) is 19.4 Å². The van der Waals surface area contributed by atoms with Crippen LogP contribution in [0.4, 0.5) is 14.9 Å². The van der Waals surface area contributed by atoms with E-state index in [2.05, 4.69) is 5.32 Å². The third-order valence-corrected chi connectivity index (χ3v) is 5.09. The molecule has 1 fully saturated rings. The number of halogens is 1. The first-order valence-corrected chi connectivity index (χ1v) is 8.72. The van der Waals surface area contributed by atoms with E-state index in [-0.39, 0.29) is 30.3 Å². The van der Waals surface area contributed by atoms with Crippen LogP contribution in [0.5, 0.6) is 0 Å². The second-order valence-electron chi connectivity index (χ2n) is 6.84. The fraction of sp³-hybridized carbons (Fsp3) is 0.300. The summed E-state index contributed by atoms with van der Waals surface area (Å²) in [7, 11) is 0. The molecule has 5 nitrogen and oxygen atoms in total. The van der Waals surface area contributed by atoms with E-state index in [1.807, 2.05) is 37.3 Å². The lowest BCUT2D eigenvalue weighted by Gasteiger charge is -2.44. The number of carbonyl (C=O) groups excluding carboxylic acids is 2. The van der Waals surface area contributed by atoms with Crippen molar-refractivity contribution in [3.8, 4) is 0 Å². The van der Waals surface area contributed by atoms with Crippen LogP contribution in [0.15, 0.2) is 42.5 Å². The van der Waals surface area contributed by atoms with Gasteiger partial charge >= 0.3 is 6.03 Å². The van der Waals surface area contributed by atoms with Crippen LogP contribution in [0.2, 0.25) is 0 Å². The highest BCUT2D eigenvalue weighted by Crippen LogP contribution is 2.34. The Balaban J connectivity index is 1.57. The van der Waals surface area contributed by atoms with Crippen LogP contribution in [0, 0.1) is 12.7 Å². The number of nitrogens with one attached hydrogen (secondary N) is 1. The van der Waals surface area contributed by atoms with Crippen LogP contribution in [0.25, 0.3) is 0 Å². The lowest BCUT2D eigenvalue weighted by atomic mass is 9.90. The van der Waals surface area contributed by atoms with Gasteiger partial charge in [0.2, 0.25) is 5.91 Å². The summed E-state index contributed by atoms with van der Waals surface area (Å²) in [5.74, 6) is -0.341. The molecule has 1 saturated heterocycles. The second-order valence-corrected chi connectivity index (χ2v) is 6.84. The molecular weight excluding hydrogens is 333 g/mol. The maximum absolute atomic E-state index is 14.1. The third kappa shape index (κ3) is 2.92. The molecule has 1 atom stereocenters. The van der Waals surface area contributed by atoms with Gasteiger partial charge in [0.1, 0.15) is 12.4 Å². The first kappa shape index (κ1) is 16.6. The van der Waals surface area contributed by atoms with Crippen LogP contribution in [0.1, 0.15) is 22.7 Å². The van der Waals surface area contributed by atoms with E-state index in [0.29, 0.717) is 30.8 Å². The molecule has 2 aromatic rings. The number of rotatable bonds is 1. The average Bonchev–Trinajstić information content (AvgIpc) is 2.62. The van der Waals surface area contributed by atoms with Crippen LogP contribution in [0.3, 0.4) is 0 Å². The van der Waals surface area contributed by atoms with Gasteiger partial charge < -0.3 is 15.1 Å². The molecule has 2 heterocycles. The zero-order chi connectivity index (χ0) is 18.3. The number of nitrogens with zero attached hydrogens (tertiary/aromatic N) is 2. The molecular formula is C20H20FN3O2. The van der Waals surface area contributed by atoms with Gasteiger partial charge in [-0.3, -0.25) is 4.79 Å². The maximum Gasteiger partial charge on any atom is 0.322 e. The minimum absolute atomic E-state index is 0.0405. The largest absolute Gasteiger partial charge is 0.332 e. The van der Waals surface area contributed by atoms with Crippen molar-refractivity contribution in [1.29, 1.82) is 0 Å². The van der Waals surface area contributed by atoms with Gasteiger partial charge in [-0.15, -0.1) is 0 Å². The van der Waals surface area contributed by atoms with Crippen LogP contribution < -0.4 is 5.32 Å². The Morgan fingerprint density at radius 2 is 2.04 bits per heavy atom. The van der Waals surface area contributed by atoms with Gasteiger partial charge in [0.25, 0.3) is 0 Å². The lowest BCUT2D eigenvalue weighted by Crippen LogP contribution is -2.56. The summed E-state index contributed by atoms with van der Waals surface area (Å²) in [4.78, 5) is 28.5. The molecule has 0 bridgehead atoms. The minimum atomic E-state index is -0.313. The number of piperazine rings is 1. The van der Waals surface area contributed by atoms with Gasteiger partial charge in [0.15, 0.2) is 0 Å². The Hall–Kier alpha value is -2.89. The monoisotopic (exact) mass is 353 g/mol. The molecule has 1 N–H and O–H groups in total. The van der Waals surface area contributed by atoms with Gasteiger partial charge in [-0.25, -0.2) is 9.18 Å². The molecule has 0 radical (unpaired) electrons. The van der Waals surface area contributed by atoms with Gasteiger partial charge in [0, 0.05) is 18.8 Å². The number of urea groups is 1. The predicted molar refractivity (Wildman–Crippen MR) is 96.3 cm³/mol. The molecule has 26 heavy (non-hydrogen) atoms. The molecule has 134 valence electrons. The number of anilines is 1. The lowest BCUT2D eigenvalue weighted by molar-refractivity contribution is -0.139. The Bertz CT molecular complexity index is 883. The molecule has 3 amide bonds. The molecule has 6 heteroatoms. The maximum atomic E-state index is 14.1. The summed E-state index contributed by atoms with van der Waals surface area (Å²) < 4.78 is 14.1. The highest BCUT2D eigenvalue weighted by molar-refractivity contribution is 5.93. The van der Waals surface area contributed by atoms with Gasteiger partial charge in [-0.1, -0.05) is 24.3 Å². The number of amides is 3. The van der Waals surface area contributed by atoms with Crippen molar-refractivity contribution in [3.63, 3.8) is 0 Å². The summed E-state index contributed by atoms with van der Waals surface area (Å²) in [6.45, 7) is 2.84. The molecule has 0 saturated carbocycles. The van der Waals surface area contributed by atoms with E-state index in [4.69, 9.17) is 0 Å². The summed E-state index contributed by atoms with van der Waals surface area (Å²) in [5.41, 5.74) is 3.19. The molecule has 1 unspecified atom stereocenters. The number of benzene rings is 2. The molecule has 0 aliphatic carbocycles. The van der Waals surface area contributed by atoms with Crippen molar-refractivity contribution >= 4 is 17.6 Å². The van der Waals surface area contributed by atoms with Crippen molar-refractivity contribution in [3.05, 3.63) is 65.0 Å². The van der Waals surface area contributed by atoms with Gasteiger partial charge in [0.05, 0.1) is 6.04 Å². The Labute approximate surface area is 151 Å². The number of aryl methyl sites for hydroxylation is 1. The topological polar surface area (TPSA) is 52.7 Å². The highest BCUT2D eigenvalue weighted by atomic mass is 19.1. The van der Waals surface area contributed by atoms with Gasteiger partial charge in [-0.05, 0) is 48.2 Å². The second kappa shape index (κ2) is 6.44. The Morgan fingerprint density at radius 1 is 1.23 bits per heavy atom. The van der Waals surface area contributed by atoms with Crippen LogP contribution in [-0.2, 0) is 11.2 Å². The minimum Gasteiger partial charge on any atom is -0.332 e. The van der Waals surface area contributed by atoms with E-state index < -0.39 is 0 Å². The average molecular weight is 353 g/mol. The van der Waals surface area contributed by atoms with E-state index in [1.54, 1.807) is 11.0 Å². The SMILES string of the molecule is Cc1cccc(NC(=O)N2CC(=O)N3CCc4c(F)cccc4C3C2)c1. The smallest absolute Gasteiger partial charge is 0.322 e. The highest BCUT2D eigenvalue weighted by Gasteiger charge is 2.39. The fourth-order valence-electron chi connectivity index (χ4n) is 3.81. The third-order valence-electron chi connectivity index (χ3n) is 5.09. The van der Waals surface area contributed by atoms with Crippen molar-refractivity contribution in [1.82, 2.24) is 9.80 Å². The zero-order valence-corrected chi connectivity index (χ0v) is 14.5. The Morgan fingerprint density at radius 3 is 2.85 bits per heavy atom. The van der Waals surface area contributed by atoms with Gasteiger partial charge in [-0.2, -0.15) is 0 Å². The first-order chi connectivity index (χ1) is 12.5. The van der Waals surface area contributed by atoms with Crippen molar-refractivity contribution < 1.29 is 14.0 Å². The van der Waals surface area contributed by atoms with Crippen molar-refractivity contribution in [2.75, 3.05) is 25.0 Å². The molecule has 0 aromatic heterocycles. The van der Waals surface area contributed by atoms with Crippen LogP contribution >= 0.6 is 0 Å². The summed E-state index contributed by atoms with van der Waals surface area (Å²) in [5, 5.41) is 2.85. The Kier molecular flexibility index (Phi) is 4.11. The molecule has 4 rings (SSSR count). The number of carbonyl (C=O) groups is 2. The molecule has 2 aliphatic heterocycles. The zero-order valence-electron chi connectivity index (χ0n) is 14.5. The first-order valence-electron chi connectivity index (χ1n) is 8.72. The van der Waals surface area contributed by atoms with E-state index in [0.717, 1.165) is 11.1 Å². The van der Waals surface area contributed by atoms with E-state index >= 15 is 0 Å². The van der Waals surface area contributed by atoms with Crippen LogP contribution in [-0.4, -0.2) is 41.4 Å². The van der Waals surface area contributed by atoms with E-state index in [1.165, 1.54) is 11.0 Å². The number of hydrogen-bond donors (Lipinski definition) is 1. The molecule has 0 spiro atoms. The summed E-state index contributed by atoms with van der Waals surface area (Å²) >= 11 is 0. The summed E-state index contributed by atoms with van der Waals surface area (Å²) in [6, 6.07) is 11.9. The standard InChI is InChI=1S/C20H20FN3O2/c1-13-4-2-5-14(10-13)22-20(26)23-11-18-16-6-3-7-17(21)15(16)8-9-24(18)19(25)12-23/h2-7,10,18H,8-9,11-12H2,1H3,(H,22,26). The summed E-state index contributed by atoms with van der Waals surface area (Å²) in [6.07, 6.45) is 0.514.